The Morgan fingerprint density at radius 2 is 2.06 bits per heavy atom. The zero-order valence-electron chi connectivity index (χ0n) is 11.3. The fourth-order valence-corrected chi connectivity index (χ4v) is 2.86. The van der Waals surface area contributed by atoms with Crippen LogP contribution in [0.25, 0.3) is 0 Å². The van der Waals surface area contributed by atoms with Crippen molar-refractivity contribution in [3.8, 4) is 0 Å². The number of benzene rings is 1. The number of halogens is 2. The average Bonchev–Trinajstić information content (AvgIpc) is 2.31. The molecule has 0 aromatic heterocycles. The number of hydrogen-bond acceptors (Lipinski definition) is 2. The molecule has 1 aromatic carbocycles. The summed E-state index contributed by atoms with van der Waals surface area (Å²) < 4.78 is 13.9. The second-order valence-electron chi connectivity index (χ2n) is 4.75. The molecule has 1 rings (SSSR count). The van der Waals surface area contributed by atoms with E-state index in [0.717, 1.165) is 23.0 Å². The Morgan fingerprint density at radius 1 is 1.39 bits per heavy atom. The highest BCUT2D eigenvalue weighted by molar-refractivity contribution is 9.10. The van der Waals surface area contributed by atoms with Gasteiger partial charge in [0.1, 0.15) is 5.82 Å². The molecule has 2 N–H and O–H groups in total. The molecule has 1 aromatic rings. The highest BCUT2D eigenvalue weighted by Gasteiger charge is 2.22. The van der Waals surface area contributed by atoms with Crippen molar-refractivity contribution in [3.63, 3.8) is 0 Å². The minimum Gasteiger partial charge on any atom is -0.329 e. The van der Waals surface area contributed by atoms with E-state index >= 15 is 0 Å². The predicted octanol–water partition coefficient (Wildman–Crippen LogP) is 3.71. The molecule has 1 unspecified atom stereocenters. The van der Waals surface area contributed by atoms with Crippen molar-refractivity contribution >= 4 is 15.9 Å². The zero-order chi connectivity index (χ0) is 13.7. The van der Waals surface area contributed by atoms with Gasteiger partial charge in [0, 0.05) is 23.1 Å². The van der Waals surface area contributed by atoms with Gasteiger partial charge in [-0.1, -0.05) is 28.9 Å². The van der Waals surface area contributed by atoms with Crippen molar-refractivity contribution in [2.45, 2.75) is 39.3 Å². The molecule has 0 radical (unpaired) electrons. The standard InChI is InChI=1S/C14H22BrFN2/c1-4-7-18(10(2)3)14(9-17)12-6-5-11(16)8-13(12)15/h5-6,8,10,14H,4,7,9,17H2,1-3H3. The maximum Gasteiger partial charge on any atom is 0.124 e. The van der Waals surface area contributed by atoms with Crippen LogP contribution in [-0.2, 0) is 0 Å². The fraction of sp³-hybridized carbons (Fsp3) is 0.571. The molecule has 0 aliphatic heterocycles. The summed E-state index contributed by atoms with van der Waals surface area (Å²) in [6.45, 7) is 8.00. The Bertz CT molecular complexity index is 382. The SMILES string of the molecule is CCCN(C(C)C)C(CN)c1ccc(F)cc1Br. The second-order valence-corrected chi connectivity index (χ2v) is 5.60. The number of hydrogen-bond donors (Lipinski definition) is 1. The lowest BCUT2D eigenvalue weighted by atomic mass is 10.0. The van der Waals surface area contributed by atoms with Gasteiger partial charge in [-0.15, -0.1) is 0 Å². The van der Waals surface area contributed by atoms with Crippen LogP contribution in [0.5, 0.6) is 0 Å². The molecule has 0 bridgehead atoms. The third kappa shape index (κ3) is 3.77. The van der Waals surface area contributed by atoms with Crippen LogP contribution in [0, 0.1) is 5.82 Å². The van der Waals surface area contributed by atoms with Crippen LogP contribution in [0.15, 0.2) is 22.7 Å². The van der Waals surface area contributed by atoms with Gasteiger partial charge in [-0.05, 0) is 44.5 Å². The second kappa shape index (κ2) is 7.22. The molecule has 2 nitrogen and oxygen atoms in total. The Balaban J connectivity index is 3.06. The lowest BCUT2D eigenvalue weighted by Gasteiger charge is -2.35. The van der Waals surface area contributed by atoms with E-state index in [0.29, 0.717) is 12.6 Å². The van der Waals surface area contributed by atoms with E-state index in [4.69, 9.17) is 5.73 Å². The summed E-state index contributed by atoms with van der Waals surface area (Å²) in [7, 11) is 0. The van der Waals surface area contributed by atoms with Crippen LogP contribution in [0.1, 0.15) is 38.8 Å². The third-order valence-electron chi connectivity index (χ3n) is 3.09. The largest absolute Gasteiger partial charge is 0.329 e. The van der Waals surface area contributed by atoms with E-state index in [1.54, 1.807) is 0 Å². The monoisotopic (exact) mass is 316 g/mol. The summed E-state index contributed by atoms with van der Waals surface area (Å²) in [6, 6.07) is 5.35. The van der Waals surface area contributed by atoms with Crippen molar-refractivity contribution in [2.75, 3.05) is 13.1 Å². The molecular formula is C14H22BrFN2. The van der Waals surface area contributed by atoms with Crippen molar-refractivity contribution in [1.82, 2.24) is 4.90 Å². The Labute approximate surface area is 117 Å². The van der Waals surface area contributed by atoms with Crippen LogP contribution >= 0.6 is 15.9 Å². The Hall–Kier alpha value is -0.450. The Morgan fingerprint density at radius 3 is 2.50 bits per heavy atom. The van der Waals surface area contributed by atoms with Gasteiger partial charge in [0.15, 0.2) is 0 Å². The van der Waals surface area contributed by atoms with Gasteiger partial charge in [0.05, 0.1) is 0 Å². The Kier molecular flexibility index (Phi) is 6.26. The first-order chi connectivity index (χ1) is 8.51. The molecule has 0 aliphatic rings. The molecule has 18 heavy (non-hydrogen) atoms. The van der Waals surface area contributed by atoms with E-state index in [-0.39, 0.29) is 11.9 Å². The van der Waals surface area contributed by atoms with E-state index in [1.165, 1.54) is 12.1 Å². The predicted molar refractivity (Wildman–Crippen MR) is 78.0 cm³/mol. The molecule has 0 aliphatic carbocycles. The van der Waals surface area contributed by atoms with Gasteiger partial charge >= 0.3 is 0 Å². The maximum atomic E-state index is 13.1. The van der Waals surface area contributed by atoms with E-state index in [9.17, 15) is 4.39 Å². The summed E-state index contributed by atoms with van der Waals surface area (Å²) in [5.74, 6) is -0.229. The first-order valence-corrected chi connectivity index (χ1v) is 7.21. The molecule has 4 heteroatoms. The molecular weight excluding hydrogens is 295 g/mol. The first kappa shape index (κ1) is 15.6. The van der Waals surface area contributed by atoms with Crippen molar-refractivity contribution in [1.29, 1.82) is 0 Å². The molecule has 0 saturated carbocycles. The van der Waals surface area contributed by atoms with Crippen molar-refractivity contribution in [2.24, 2.45) is 5.73 Å². The lowest BCUT2D eigenvalue weighted by Crippen LogP contribution is -2.39. The van der Waals surface area contributed by atoms with Gasteiger partial charge in [0.2, 0.25) is 0 Å². The molecule has 0 saturated heterocycles. The number of rotatable bonds is 6. The molecule has 0 amide bonds. The number of nitrogens with zero attached hydrogens (tertiary/aromatic N) is 1. The van der Waals surface area contributed by atoms with Crippen LogP contribution in [0.4, 0.5) is 4.39 Å². The van der Waals surface area contributed by atoms with Gasteiger partial charge in [-0.25, -0.2) is 4.39 Å². The fourth-order valence-electron chi connectivity index (χ4n) is 2.24. The molecule has 1 atom stereocenters. The van der Waals surface area contributed by atoms with Gasteiger partial charge in [0.25, 0.3) is 0 Å². The minimum atomic E-state index is -0.229. The average molecular weight is 317 g/mol. The van der Waals surface area contributed by atoms with Crippen LogP contribution in [0.3, 0.4) is 0 Å². The minimum absolute atomic E-state index is 0.125. The smallest absolute Gasteiger partial charge is 0.124 e. The lowest BCUT2D eigenvalue weighted by molar-refractivity contribution is 0.157. The maximum absolute atomic E-state index is 13.1. The molecule has 0 spiro atoms. The summed E-state index contributed by atoms with van der Waals surface area (Å²) in [6.07, 6.45) is 1.08. The molecule has 102 valence electrons. The summed E-state index contributed by atoms with van der Waals surface area (Å²) in [5, 5.41) is 0. The van der Waals surface area contributed by atoms with E-state index < -0.39 is 0 Å². The van der Waals surface area contributed by atoms with E-state index in [1.807, 2.05) is 6.07 Å². The highest BCUT2D eigenvalue weighted by atomic mass is 79.9. The van der Waals surface area contributed by atoms with Gasteiger partial charge in [-0.3, -0.25) is 4.90 Å². The van der Waals surface area contributed by atoms with Crippen molar-refractivity contribution in [3.05, 3.63) is 34.1 Å². The van der Waals surface area contributed by atoms with Gasteiger partial charge < -0.3 is 5.73 Å². The molecule has 0 fully saturated rings. The van der Waals surface area contributed by atoms with Crippen LogP contribution in [-0.4, -0.2) is 24.0 Å². The topological polar surface area (TPSA) is 29.3 Å². The van der Waals surface area contributed by atoms with Crippen LogP contribution in [0.2, 0.25) is 0 Å². The molecule has 0 heterocycles. The third-order valence-corrected chi connectivity index (χ3v) is 3.78. The van der Waals surface area contributed by atoms with Crippen molar-refractivity contribution < 1.29 is 4.39 Å². The zero-order valence-corrected chi connectivity index (χ0v) is 12.9. The highest BCUT2D eigenvalue weighted by Crippen LogP contribution is 2.29. The van der Waals surface area contributed by atoms with Crippen LogP contribution < -0.4 is 5.73 Å². The van der Waals surface area contributed by atoms with Gasteiger partial charge in [-0.2, -0.15) is 0 Å². The van der Waals surface area contributed by atoms with E-state index in [2.05, 4.69) is 41.6 Å². The normalized spacial score (nSPS) is 13.3. The summed E-state index contributed by atoms with van der Waals surface area (Å²) in [5.41, 5.74) is 6.98. The summed E-state index contributed by atoms with van der Waals surface area (Å²) in [4.78, 5) is 2.36. The first-order valence-electron chi connectivity index (χ1n) is 6.42. The summed E-state index contributed by atoms with van der Waals surface area (Å²) >= 11 is 3.43. The number of nitrogens with two attached hydrogens (primary N) is 1. The quantitative estimate of drug-likeness (QED) is 0.867.